The lowest BCUT2D eigenvalue weighted by atomic mass is 9.97. The molecule has 176 valence electrons. The van der Waals surface area contributed by atoms with E-state index in [4.69, 9.17) is 23.7 Å². The SMILES string of the molecule is COc1cc(C2=C/C(=C3/N=C(c4ccc(F)cc4)OC3=O)c3ccccc3O2)cc(OC)c1OC. The number of nitrogens with zero attached hydrogens (tertiary/aromatic N) is 1. The molecule has 7 nitrogen and oxygen atoms in total. The number of carbonyl (C=O) groups is 1. The van der Waals surface area contributed by atoms with Crippen molar-refractivity contribution in [1.29, 1.82) is 0 Å². The molecule has 0 unspecified atom stereocenters. The van der Waals surface area contributed by atoms with E-state index in [1.54, 1.807) is 24.3 Å². The van der Waals surface area contributed by atoms with Crippen LogP contribution in [0.15, 0.2) is 77.4 Å². The van der Waals surface area contributed by atoms with Crippen molar-refractivity contribution < 1.29 is 32.9 Å². The van der Waals surface area contributed by atoms with E-state index in [1.807, 2.05) is 18.2 Å². The molecule has 2 aliphatic heterocycles. The van der Waals surface area contributed by atoms with Crippen LogP contribution in [0, 0.1) is 5.82 Å². The first-order chi connectivity index (χ1) is 17.0. The van der Waals surface area contributed by atoms with Crippen molar-refractivity contribution in [3.63, 3.8) is 0 Å². The Labute approximate surface area is 200 Å². The molecule has 0 bridgehead atoms. The van der Waals surface area contributed by atoms with Gasteiger partial charge in [-0.25, -0.2) is 14.2 Å². The number of aliphatic imine (C=N–C) groups is 1. The van der Waals surface area contributed by atoms with Gasteiger partial charge in [0.1, 0.15) is 17.3 Å². The molecule has 5 rings (SSSR count). The first-order valence-corrected chi connectivity index (χ1v) is 10.6. The lowest BCUT2D eigenvalue weighted by Gasteiger charge is -2.22. The summed E-state index contributed by atoms with van der Waals surface area (Å²) in [5.74, 6) is 1.44. The molecule has 0 aliphatic carbocycles. The van der Waals surface area contributed by atoms with Gasteiger partial charge in [-0.2, -0.15) is 0 Å². The molecule has 0 N–H and O–H groups in total. The zero-order chi connectivity index (χ0) is 24.5. The number of fused-ring (bicyclic) bond motifs is 1. The predicted molar refractivity (Wildman–Crippen MR) is 127 cm³/mol. The second-order valence-corrected chi connectivity index (χ2v) is 7.60. The van der Waals surface area contributed by atoms with Gasteiger partial charge in [-0.15, -0.1) is 0 Å². The summed E-state index contributed by atoms with van der Waals surface area (Å²) in [4.78, 5) is 17.3. The fourth-order valence-electron chi connectivity index (χ4n) is 3.89. The number of ether oxygens (including phenoxy) is 5. The van der Waals surface area contributed by atoms with Crippen molar-refractivity contribution >= 4 is 23.2 Å². The Morgan fingerprint density at radius 2 is 1.51 bits per heavy atom. The summed E-state index contributed by atoms with van der Waals surface area (Å²) in [7, 11) is 4.58. The molecular weight excluding hydrogens is 453 g/mol. The Kier molecular flexibility index (Phi) is 5.70. The number of rotatable bonds is 5. The average molecular weight is 473 g/mol. The molecule has 0 atom stereocenters. The number of methoxy groups -OCH3 is 3. The first kappa shape index (κ1) is 22.2. The Bertz CT molecular complexity index is 1400. The minimum Gasteiger partial charge on any atom is -0.493 e. The standard InChI is InChI=1S/C27H20FNO6/c1-31-22-12-16(13-23(32-2)25(22)33-3)21-14-19(18-6-4-5-7-20(18)34-21)24-27(30)35-26(29-24)15-8-10-17(28)11-9-15/h4-14H,1-3H3/b24-19-. The third-order valence-electron chi connectivity index (χ3n) is 5.56. The van der Waals surface area contributed by atoms with Crippen LogP contribution in [-0.2, 0) is 9.53 Å². The second kappa shape index (κ2) is 8.98. The van der Waals surface area contributed by atoms with E-state index >= 15 is 0 Å². The summed E-state index contributed by atoms with van der Waals surface area (Å²) in [6.07, 6.45) is 1.72. The Hall–Kier alpha value is -4.59. The van der Waals surface area contributed by atoms with Gasteiger partial charge in [-0.3, -0.25) is 0 Å². The van der Waals surface area contributed by atoms with Crippen molar-refractivity contribution in [3.8, 4) is 23.0 Å². The maximum Gasteiger partial charge on any atom is 0.364 e. The van der Waals surface area contributed by atoms with Crippen molar-refractivity contribution in [2.75, 3.05) is 21.3 Å². The smallest absolute Gasteiger partial charge is 0.364 e. The Morgan fingerprint density at radius 1 is 0.829 bits per heavy atom. The second-order valence-electron chi connectivity index (χ2n) is 7.60. The molecule has 0 aromatic heterocycles. The van der Waals surface area contributed by atoms with Gasteiger partial charge < -0.3 is 23.7 Å². The maximum atomic E-state index is 13.3. The van der Waals surface area contributed by atoms with Gasteiger partial charge in [0.15, 0.2) is 17.2 Å². The quantitative estimate of drug-likeness (QED) is 0.384. The molecule has 0 fully saturated rings. The number of para-hydroxylation sites is 1. The third kappa shape index (κ3) is 3.99. The number of benzene rings is 3. The highest BCUT2D eigenvalue weighted by atomic mass is 19.1. The molecule has 0 amide bonds. The van der Waals surface area contributed by atoms with Crippen LogP contribution < -0.4 is 18.9 Å². The summed E-state index contributed by atoms with van der Waals surface area (Å²) in [6.45, 7) is 0. The lowest BCUT2D eigenvalue weighted by molar-refractivity contribution is -0.129. The van der Waals surface area contributed by atoms with Crippen molar-refractivity contribution in [2.45, 2.75) is 0 Å². The fourth-order valence-corrected chi connectivity index (χ4v) is 3.89. The lowest BCUT2D eigenvalue weighted by Crippen LogP contribution is -2.09. The Morgan fingerprint density at radius 3 is 2.17 bits per heavy atom. The van der Waals surface area contributed by atoms with E-state index in [2.05, 4.69) is 4.99 Å². The highest BCUT2D eigenvalue weighted by Crippen LogP contribution is 2.44. The zero-order valence-corrected chi connectivity index (χ0v) is 19.1. The largest absolute Gasteiger partial charge is 0.493 e. The summed E-state index contributed by atoms with van der Waals surface area (Å²) in [5, 5.41) is 0. The summed E-state index contributed by atoms with van der Waals surface area (Å²) >= 11 is 0. The van der Waals surface area contributed by atoms with Crippen LogP contribution in [0.1, 0.15) is 16.7 Å². The molecule has 2 heterocycles. The molecule has 35 heavy (non-hydrogen) atoms. The number of hydrogen-bond donors (Lipinski definition) is 0. The van der Waals surface area contributed by atoms with E-state index < -0.39 is 11.8 Å². The zero-order valence-electron chi connectivity index (χ0n) is 19.1. The predicted octanol–water partition coefficient (Wildman–Crippen LogP) is 5.00. The van der Waals surface area contributed by atoms with E-state index in [9.17, 15) is 9.18 Å². The summed E-state index contributed by atoms with van der Waals surface area (Å²) < 4.78 is 41.3. The number of esters is 1. The third-order valence-corrected chi connectivity index (χ3v) is 5.56. The topological polar surface area (TPSA) is 75.6 Å². The van der Waals surface area contributed by atoms with Crippen LogP contribution in [0.25, 0.3) is 11.3 Å². The number of halogens is 1. The van der Waals surface area contributed by atoms with Gasteiger partial charge >= 0.3 is 5.97 Å². The van der Waals surface area contributed by atoms with Gasteiger partial charge in [0.05, 0.1) is 21.3 Å². The van der Waals surface area contributed by atoms with Crippen LogP contribution >= 0.6 is 0 Å². The van der Waals surface area contributed by atoms with Crippen LogP contribution in [0.5, 0.6) is 23.0 Å². The highest BCUT2D eigenvalue weighted by Gasteiger charge is 2.31. The molecule has 0 spiro atoms. The molecule has 0 saturated heterocycles. The monoisotopic (exact) mass is 473 g/mol. The van der Waals surface area contributed by atoms with Crippen LogP contribution in [0.4, 0.5) is 4.39 Å². The van der Waals surface area contributed by atoms with Gasteiger partial charge in [-0.05, 0) is 48.5 Å². The van der Waals surface area contributed by atoms with Gasteiger partial charge in [0, 0.05) is 22.3 Å². The normalized spacial score (nSPS) is 16.5. The first-order valence-electron chi connectivity index (χ1n) is 10.6. The number of carbonyl (C=O) groups excluding carboxylic acids is 1. The summed E-state index contributed by atoms with van der Waals surface area (Å²) in [5.41, 5.74) is 2.45. The molecule has 0 saturated carbocycles. The van der Waals surface area contributed by atoms with E-state index in [1.165, 1.54) is 45.6 Å². The van der Waals surface area contributed by atoms with Crippen LogP contribution in [0.2, 0.25) is 0 Å². The average Bonchev–Trinajstić information content (AvgIpc) is 3.28. The van der Waals surface area contributed by atoms with Crippen molar-refractivity contribution in [2.24, 2.45) is 4.99 Å². The highest BCUT2D eigenvalue weighted by molar-refractivity contribution is 6.15. The molecule has 3 aromatic rings. The Balaban J connectivity index is 1.67. The van der Waals surface area contributed by atoms with E-state index in [-0.39, 0.29) is 11.6 Å². The molecule has 0 radical (unpaired) electrons. The van der Waals surface area contributed by atoms with E-state index in [0.717, 1.165) is 0 Å². The van der Waals surface area contributed by atoms with Gasteiger partial charge in [-0.1, -0.05) is 18.2 Å². The van der Waals surface area contributed by atoms with Crippen LogP contribution in [-0.4, -0.2) is 33.2 Å². The van der Waals surface area contributed by atoms with Gasteiger partial charge in [0.2, 0.25) is 11.6 Å². The number of allylic oxidation sites excluding steroid dienone is 2. The number of cyclic esters (lactones) is 1. The van der Waals surface area contributed by atoms with Crippen LogP contribution in [0.3, 0.4) is 0 Å². The molecule has 3 aromatic carbocycles. The molecule has 8 heteroatoms. The molecule has 2 aliphatic rings. The maximum absolute atomic E-state index is 13.3. The van der Waals surface area contributed by atoms with Crippen molar-refractivity contribution in [1.82, 2.24) is 0 Å². The minimum absolute atomic E-state index is 0.101. The van der Waals surface area contributed by atoms with E-state index in [0.29, 0.717) is 51.0 Å². The molecular formula is C27H20FNO6. The minimum atomic E-state index is -0.614. The van der Waals surface area contributed by atoms with Crippen molar-refractivity contribution in [3.05, 3.63) is 94.9 Å². The van der Waals surface area contributed by atoms with Gasteiger partial charge in [0.25, 0.3) is 0 Å². The fraction of sp³-hybridized carbons (Fsp3) is 0.111. The summed E-state index contributed by atoms with van der Waals surface area (Å²) in [6, 6.07) is 16.4. The number of hydrogen-bond acceptors (Lipinski definition) is 7.